The van der Waals surface area contributed by atoms with Gasteiger partial charge in [0.15, 0.2) is 0 Å². The summed E-state index contributed by atoms with van der Waals surface area (Å²) in [5.74, 6) is 0.255. The van der Waals surface area contributed by atoms with Crippen LogP contribution < -0.4 is 4.74 Å². The highest BCUT2D eigenvalue weighted by Crippen LogP contribution is 2.34. The number of nitrogens with zero attached hydrogens (tertiary/aromatic N) is 1. The number of non-ortho nitro benzene ring substituents is 1. The molecule has 0 aromatic heterocycles. The van der Waals surface area contributed by atoms with Gasteiger partial charge in [-0.1, -0.05) is 0 Å². The molecular formula is C13H8BrClFNO3. The number of alkyl halides is 1. The fourth-order valence-electron chi connectivity index (χ4n) is 1.55. The van der Waals surface area contributed by atoms with E-state index >= 15 is 0 Å². The lowest BCUT2D eigenvalue weighted by Crippen LogP contribution is -1.93. The summed E-state index contributed by atoms with van der Waals surface area (Å²) in [6.07, 6.45) is 0. The molecule has 20 heavy (non-hydrogen) atoms. The molecule has 0 saturated heterocycles. The molecule has 0 bridgehead atoms. The third kappa shape index (κ3) is 3.26. The summed E-state index contributed by atoms with van der Waals surface area (Å²) in [6, 6.07) is 8.06. The van der Waals surface area contributed by atoms with E-state index in [9.17, 15) is 14.5 Å². The van der Waals surface area contributed by atoms with Crippen molar-refractivity contribution in [2.75, 3.05) is 0 Å². The van der Waals surface area contributed by atoms with Gasteiger partial charge in [0.25, 0.3) is 5.69 Å². The second-order valence-electron chi connectivity index (χ2n) is 3.86. The van der Waals surface area contributed by atoms with Gasteiger partial charge >= 0.3 is 0 Å². The first-order valence-electron chi connectivity index (χ1n) is 5.47. The molecule has 0 aliphatic heterocycles. The monoisotopic (exact) mass is 359 g/mol. The van der Waals surface area contributed by atoms with Gasteiger partial charge in [-0.25, -0.2) is 4.39 Å². The Kier molecular flexibility index (Phi) is 4.57. The highest BCUT2D eigenvalue weighted by Gasteiger charge is 2.13. The maximum absolute atomic E-state index is 13.1. The van der Waals surface area contributed by atoms with Crippen molar-refractivity contribution in [2.45, 2.75) is 5.88 Å². The minimum atomic E-state index is -0.521. The van der Waals surface area contributed by atoms with Crippen LogP contribution in [-0.2, 0) is 5.88 Å². The quantitative estimate of drug-likeness (QED) is 0.436. The van der Waals surface area contributed by atoms with E-state index in [0.717, 1.165) is 0 Å². The first-order valence-corrected chi connectivity index (χ1v) is 6.80. The number of rotatable bonds is 4. The zero-order valence-corrected chi connectivity index (χ0v) is 12.3. The Balaban J connectivity index is 2.39. The molecular weight excluding hydrogens is 353 g/mol. The highest BCUT2D eigenvalue weighted by atomic mass is 79.9. The van der Waals surface area contributed by atoms with Crippen LogP contribution in [0.2, 0.25) is 0 Å². The van der Waals surface area contributed by atoms with Crippen LogP contribution in [0.4, 0.5) is 10.1 Å². The van der Waals surface area contributed by atoms with Gasteiger partial charge < -0.3 is 4.74 Å². The highest BCUT2D eigenvalue weighted by molar-refractivity contribution is 9.10. The molecule has 2 aromatic rings. The molecule has 0 amide bonds. The Labute approximate surface area is 127 Å². The lowest BCUT2D eigenvalue weighted by Gasteiger charge is -2.11. The normalized spacial score (nSPS) is 10.3. The van der Waals surface area contributed by atoms with Crippen LogP contribution in [0.3, 0.4) is 0 Å². The molecule has 2 rings (SSSR count). The standard InChI is InChI=1S/C13H8BrClFNO3/c14-11-3-2-10(17(18)19)6-13(11)20-12-4-1-9(16)5-8(12)7-15/h1-6H,7H2. The number of halogens is 3. The van der Waals surface area contributed by atoms with E-state index in [-0.39, 0.29) is 17.3 Å². The number of hydrogen-bond donors (Lipinski definition) is 0. The van der Waals surface area contributed by atoms with Crippen molar-refractivity contribution < 1.29 is 14.1 Å². The van der Waals surface area contributed by atoms with Crippen LogP contribution in [-0.4, -0.2) is 4.92 Å². The third-order valence-corrected chi connectivity index (χ3v) is 3.46. The van der Waals surface area contributed by atoms with Crippen molar-refractivity contribution in [1.82, 2.24) is 0 Å². The molecule has 4 nitrogen and oxygen atoms in total. The molecule has 0 saturated carbocycles. The van der Waals surface area contributed by atoms with E-state index in [4.69, 9.17) is 16.3 Å². The SMILES string of the molecule is O=[N+]([O-])c1ccc(Br)c(Oc2ccc(F)cc2CCl)c1. The number of hydrogen-bond acceptors (Lipinski definition) is 3. The van der Waals surface area contributed by atoms with Crippen molar-refractivity contribution in [3.63, 3.8) is 0 Å². The summed E-state index contributed by atoms with van der Waals surface area (Å²) >= 11 is 8.97. The number of nitro groups is 1. The van der Waals surface area contributed by atoms with E-state index in [1.807, 2.05) is 0 Å². The van der Waals surface area contributed by atoms with Gasteiger partial charge in [-0.2, -0.15) is 0 Å². The number of ether oxygens (including phenoxy) is 1. The largest absolute Gasteiger partial charge is 0.456 e. The first kappa shape index (κ1) is 14.7. The van der Waals surface area contributed by atoms with Crippen LogP contribution in [0.5, 0.6) is 11.5 Å². The third-order valence-electron chi connectivity index (χ3n) is 2.51. The lowest BCUT2D eigenvalue weighted by atomic mass is 10.2. The molecule has 0 fully saturated rings. The Hall–Kier alpha value is -1.66. The van der Waals surface area contributed by atoms with Gasteiger partial charge in [0, 0.05) is 11.6 Å². The van der Waals surface area contributed by atoms with Gasteiger partial charge in [0.05, 0.1) is 21.3 Å². The molecule has 0 unspecified atom stereocenters. The molecule has 104 valence electrons. The fraction of sp³-hybridized carbons (Fsp3) is 0.0769. The van der Waals surface area contributed by atoms with Gasteiger partial charge in [0.2, 0.25) is 0 Å². The maximum Gasteiger partial charge on any atom is 0.273 e. The molecule has 0 aliphatic rings. The predicted octanol–water partition coefficient (Wildman–Crippen LogP) is 5.03. The van der Waals surface area contributed by atoms with Crippen LogP contribution in [0.1, 0.15) is 5.56 Å². The van der Waals surface area contributed by atoms with Gasteiger partial charge in [-0.05, 0) is 40.2 Å². The maximum atomic E-state index is 13.1. The Morgan fingerprint density at radius 3 is 2.65 bits per heavy atom. The van der Waals surface area contributed by atoms with E-state index in [0.29, 0.717) is 15.8 Å². The summed E-state index contributed by atoms with van der Waals surface area (Å²) in [6.45, 7) is 0. The molecule has 0 atom stereocenters. The lowest BCUT2D eigenvalue weighted by molar-refractivity contribution is -0.384. The zero-order chi connectivity index (χ0) is 14.7. The Bertz CT molecular complexity index is 666. The smallest absolute Gasteiger partial charge is 0.273 e. The van der Waals surface area contributed by atoms with Crippen molar-refractivity contribution in [3.8, 4) is 11.5 Å². The Morgan fingerprint density at radius 1 is 1.25 bits per heavy atom. The molecule has 0 radical (unpaired) electrons. The van der Waals surface area contributed by atoms with E-state index < -0.39 is 10.7 Å². The first-order chi connectivity index (χ1) is 9.51. The summed E-state index contributed by atoms with van der Waals surface area (Å²) < 4.78 is 19.2. The van der Waals surface area contributed by atoms with E-state index in [2.05, 4.69) is 15.9 Å². The zero-order valence-electron chi connectivity index (χ0n) is 9.98. The van der Waals surface area contributed by atoms with E-state index in [1.54, 1.807) is 0 Å². The predicted molar refractivity (Wildman–Crippen MR) is 76.8 cm³/mol. The summed E-state index contributed by atoms with van der Waals surface area (Å²) in [4.78, 5) is 10.2. The molecule has 0 heterocycles. The van der Waals surface area contributed by atoms with Crippen molar-refractivity contribution >= 4 is 33.2 Å². The minimum Gasteiger partial charge on any atom is -0.456 e. The van der Waals surface area contributed by atoms with Crippen molar-refractivity contribution in [2.24, 2.45) is 0 Å². The van der Waals surface area contributed by atoms with Crippen LogP contribution in [0.25, 0.3) is 0 Å². The van der Waals surface area contributed by atoms with Gasteiger partial charge in [-0.15, -0.1) is 11.6 Å². The molecule has 0 spiro atoms. The average Bonchev–Trinajstić information content (AvgIpc) is 2.42. The molecule has 2 aromatic carbocycles. The second kappa shape index (κ2) is 6.19. The van der Waals surface area contributed by atoms with Crippen molar-refractivity contribution in [3.05, 3.63) is 62.4 Å². The molecule has 7 heteroatoms. The minimum absolute atomic E-state index is 0.0691. The molecule has 0 aliphatic carbocycles. The number of nitro benzene ring substituents is 1. The molecule has 0 N–H and O–H groups in total. The fourth-order valence-corrected chi connectivity index (χ4v) is 2.09. The second-order valence-corrected chi connectivity index (χ2v) is 4.98. The van der Waals surface area contributed by atoms with Crippen LogP contribution in [0, 0.1) is 15.9 Å². The number of benzene rings is 2. The van der Waals surface area contributed by atoms with Crippen LogP contribution in [0.15, 0.2) is 40.9 Å². The Morgan fingerprint density at radius 2 is 2.00 bits per heavy atom. The van der Waals surface area contributed by atoms with Gasteiger partial charge in [0.1, 0.15) is 17.3 Å². The van der Waals surface area contributed by atoms with Crippen molar-refractivity contribution in [1.29, 1.82) is 0 Å². The van der Waals surface area contributed by atoms with Gasteiger partial charge in [-0.3, -0.25) is 10.1 Å². The summed E-state index contributed by atoms with van der Waals surface area (Å²) in [7, 11) is 0. The topological polar surface area (TPSA) is 52.4 Å². The van der Waals surface area contributed by atoms with E-state index in [1.165, 1.54) is 36.4 Å². The average molecular weight is 361 g/mol. The summed E-state index contributed by atoms with van der Waals surface area (Å²) in [5.41, 5.74) is 0.364. The van der Waals surface area contributed by atoms with Crippen LogP contribution >= 0.6 is 27.5 Å². The summed E-state index contributed by atoms with van der Waals surface area (Å²) in [5, 5.41) is 10.7.